The van der Waals surface area contributed by atoms with E-state index in [9.17, 15) is 0 Å². The van der Waals surface area contributed by atoms with E-state index in [-0.39, 0.29) is 11.7 Å². The van der Waals surface area contributed by atoms with E-state index in [0.29, 0.717) is 34.0 Å². The van der Waals surface area contributed by atoms with Gasteiger partial charge >= 0.3 is 0 Å². The van der Waals surface area contributed by atoms with E-state index in [1.54, 1.807) is 0 Å². The van der Waals surface area contributed by atoms with Gasteiger partial charge in [-0.3, -0.25) is 0 Å². The zero-order valence-corrected chi connectivity index (χ0v) is 59.8. The van der Waals surface area contributed by atoms with Crippen molar-refractivity contribution in [2.45, 2.75) is 184 Å². The molecule has 0 unspecified atom stereocenters. The molecular weight excluding hydrogens is 1160 g/mol. The SMILES string of the molecule is CC.CC.CC.CC.CC.CC.CC.CC(C)(C)c1ccc2c(c1)OCO2.CC1(C)Oc2ccccc2O1.CC1Oc2ccccc2O1.Cc1cc2c(c(C)c1C)OCO2.Cc1ccc2c(c1)OCO2.c1ccc2c(c1)OCO2.c1ccc2cc3c(cc2c1)OCO3. The van der Waals surface area contributed by atoms with Gasteiger partial charge in [-0.25, -0.2) is 0 Å². The van der Waals surface area contributed by atoms with Gasteiger partial charge in [0.05, 0.1) is 0 Å². The topological polar surface area (TPSA) is 129 Å². The summed E-state index contributed by atoms with van der Waals surface area (Å²) >= 11 is 0. The van der Waals surface area contributed by atoms with Crippen molar-refractivity contribution in [3.8, 4) is 80.5 Å². The van der Waals surface area contributed by atoms with Crippen molar-refractivity contribution < 1.29 is 66.3 Å². The van der Waals surface area contributed by atoms with Crippen LogP contribution in [0, 0.1) is 27.7 Å². The molecule has 0 atom stereocenters. The second kappa shape index (κ2) is 42.3. The van der Waals surface area contributed by atoms with Crippen LogP contribution in [0.15, 0.2) is 152 Å². The fraction of sp³-hybridized carbons (Fsp3) is 0.410. The van der Waals surface area contributed by atoms with E-state index in [1.165, 1.54) is 38.6 Å². The Hall–Kier alpha value is -8.78. The van der Waals surface area contributed by atoms with E-state index in [1.807, 2.05) is 252 Å². The van der Waals surface area contributed by atoms with Crippen LogP contribution in [0.3, 0.4) is 0 Å². The van der Waals surface area contributed by atoms with Crippen molar-refractivity contribution >= 4 is 10.8 Å². The summed E-state index contributed by atoms with van der Waals surface area (Å²) in [7, 11) is 0. The molecule has 14 nitrogen and oxygen atoms in total. The first-order valence-corrected chi connectivity index (χ1v) is 32.7. The van der Waals surface area contributed by atoms with Gasteiger partial charge in [0.25, 0.3) is 0 Å². The second-order valence-electron chi connectivity index (χ2n) is 20.1. The summed E-state index contributed by atoms with van der Waals surface area (Å²) in [5, 5.41) is 2.37. The minimum atomic E-state index is -0.496. The van der Waals surface area contributed by atoms with Crippen LogP contribution in [0.5, 0.6) is 80.5 Å². The molecular formula is C78H108O14. The Morgan fingerprint density at radius 1 is 0.326 bits per heavy atom. The summed E-state index contributed by atoms with van der Waals surface area (Å²) in [5.41, 5.74) is 6.39. The van der Waals surface area contributed by atoms with Gasteiger partial charge in [0.2, 0.25) is 46.0 Å². The predicted octanol–water partition coefficient (Wildman–Crippen LogP) is 21.9. The lowest BCUT2D eigenvalue weighted by atomic mass is 9.87. The van der Waals surface area contributed by atoms with Crippen molar-refractivity contribution in [1.29, 1.82) is 0 Å². The van der Waals surface area contributed by atoms with Gasteiger partial charge in [-0.15, -0.1) is 0 Å². The number of aryl methyl sites for hydroxylation is 2. The van der Waals surface area contributed by atoms with Crippen LogP contribution < -0.4 is 66.3 Å². The van der Waals surface area contributed by atoms with Crippen LogP contribution in [-0.2, 0) is 5.41 Å². The van der Waals surface area contributed by atoms with Crippen molar-refractivity contribution in [3.05, 3.63) is 179 Å². The third-order valence-corrected chi connectivity index (χ3v) is 12.8. The summed E-state index contributed by atoms with van der Waals surface area (Å²) in [6, 6.07) is 49.2. The monoisotopic (exact) mass is 1270 g/mol. The number of hydrogen-bond donors (Lipinski definition) is 0. The average molecular weight is 1270 g/mol. The Morgan fingerprint density at radius 2 is 0.652 bits per heavy atom. The highest BCUT2D eigenvalue weighted by Gasteiger charge is 2.31. The van der Waals surface area contributed by atoms with E-state index >= 15 is 0 Å². The molecule has 0 aliphatic carbocycles. The molecule has 0 fully saturated rings. The third-order valence-electron chi connectivity index (χ3n) is 12.8. The first-order valence-electron chi connectivity index (χ1n) is 32.7. The van der Waals surface area contributed by atoms with Crippen molar-refractivity contribution in [2.24, 2.45) is 0 Å². The van der Waals surface area contributed by atoms with Crippen molar-refractivity contribution in [2.75, 3.05) is 34.0 Å². The molecule has 7 aliphatic rings. The van der Waals surface area contributed by atoms with Gasteiger partial charge in [0, 0.05) is 20.8 Å². The molecule has 8 aromatic rings. The second-order valence-corrected chi connectivity index (χ2v) is 20.1. The molecule has 0 saturated carbocycles. The molecule has 15 rings (SSSR count). The number of ether oxygens (including phenoxy) is 14. The Bertz CT molecular complexity index is 3230. The number of fused-ring (bicyclic) bond motifs is 8. The molecule has 0 saturated heterocycles. The van der Waals surface area contributed by atoms with E-state index in [4.69, 9.17) is 66.3 Å². The number of rotatable bonds is 0. The standard InChI is InChI=1S/C11H8O2.C11H14O2.C10H12O2.C9H10O2.2C8H8O2.C7H6O2.7C2H6/c1-2-4-9-6-11-10(12-7-13-11)5-8(9)3-1;1-11(2,3)8-4-5-9-10(6-8)13-7-12-9;1-6-4-9-10(12-5-11-9)8(3)7(6)2;1-9(2)10-7-5-3-4-6-8(7)11-9;1-6-2-3-7-8(4-6)10-5-9-7;1-6-9-7-4-2-3-5-8(7)10-6;1-2-4-7-6(3-1)8-5-9-7;7*1-2/h1-6H,7H2;4-6H,7H2,1-3H3;4H,5H2,1-3H3;3-6H,1-2H3;2-4H,5H2,1H3;2-6H,1H3;1-4H,5H2;7*1-2H3. The summed E-state index contributed by atoms with van der Waals surface area (Å²) < 4.78 is 73.7. The van der Waals surface area contributed by atoms with E-state index in [0.717, 1.165) is 80.5 Å². The fourth-order valence-electron chi connectivity index (χ4n) is 8.45. The van der Waals surface area contributed by atoms with Crippen molar-refractivity contribution in [1.82, 2.24) is 0 Å². The molecule has 504 valence electrons. The summed E-state index contributed by atoms with van der Waals surface area (Å²) in [6.45, 7) is 50.3. The lowest BCUT2D eigenvalue weighted by Crippen LogP contribution is -2.29. The largest absolute Gasteiger partial charge is 0.454 e. The maximum Gasteiger partial charge on any atom is 0.246 e. The van der Waals surface area contributed by atoms with Gasteiger partial charge in [-0.05, 0) is 151 Å². The zero-order valence-electron chi connectivity index (χ0n) is 59.8. The molecule has 8 aromatic carbocycles. The van der Waals surface area contributed by atoms with Gasteiger partial charge in [0.15, 0.2) is 80.5 Å². The quantitative estimate of drug-likeness (QED) is 0.143. The molecule has 0 amide bonds. The molecule has 14 heteroatoms. The van der Waals surface area contributed by atoms with Gasteiger partial charge in [-0.1, -0.05) is 190 Å². The first kappa shape index (κ1) is 79.3. The smallest absolute Gasteiger partial charge is 0.246 e. The normalized spacial score (nSPS) is 13.0. The Kier molecular flexibility index (Phi) is 36.5. The number of para-hydroxylation sites is 6. The Morgan fingerprint density at radius 3 is 1.08 bits per heavy atom. The van der Waals surface area contributed by atoms with Gasteiger partial charge in [-0.2, -0.15) is 0 Å². The molecule has 92 heavy (non-hydrogen) atoms. The number of benzene rings is 8. The van der Waals surface area contributed by atoms with Crippen LogP contribution >= 0.6 is 0 Å². The van der Waals surface area contributed by atoms with E-state index < -0.39 is 5.79 Å². The highest BCUT2D eigenvalue weighted by atomic mass is 16.7. The summed E-state index contributed by atoms with van der Waals surface area (Å²) in [5.74, 6) is 11.5. The highest BCUT2D eigenvalue weighted by molar-refractivity contribution is 5.86. The van der Waals surface area contributed by atoms with Gasteiger partial charge < -0.3 is 66.3 Å². The zero-order chi connectivity index (χ0) is 68.8. The molecule has 7 heterocycles. The third kappa shape index (κ3) is 24.1. The molecule has 0 N–H and O–H groups in total. The molecule has 7 aliphatic heterocycles. The summed E-state index contributed by atoms with van der Waals surface area (Å²) in [6.07, 6.45) is -0.127. The fourth-order valence-corrected chi connectivity index (χ4v) is 8.45. The maximum absolute atomic E-state index is 5.47. The lowest BCUT2D eigenvalue weighted by Gasteiger charge is -2.18. The van der Waals surface area contributed by atoms with Crippen LogP contribution in [0.1, 0.15) is 166 Å². The maximum atomic E-state index is 5.47. The van der Waals surface area contributed by atoms with Crippen LogP contribution in [0.4, 0.5) is 0 Å². The average Bonchev–Trinajstić information content (AvgIpc) is 1.55. The minimum Gasteiger partial charge on any atom is -0.454 e. The molecule has 0 bridgehead atoms. The Labute approximate surface area is 552 Å². The van der Waals surface area contributed by atoms with Gasteiger partial charge in [0.1, 0.15) is 0 Å². The van der Waals surface area contributed by atoms with E-state index in [2.05, 4.69) is 65.8 Å². The molecule has 0 radical (unpaired) electrons. The number of hydrogen-bond acceptors (Lipinski definition) is 14. The van der Waals surface area contributed by atoms with Crippen LogP contribution in [-0.4, -0.2) is 46.0 Å². The predicted molar refractivity (Wildman–Crippen MR) is 376 cm³/mol. The van der Waals surface area contributed by atoms with Crippen LogP contribution in [0.25, 0.3) is 10.8 Å². The molecule has 0 aromatic heterocycles. The van der Waals surface area contributed by atoms with Crippen LogP contribution in [0.2, 0.25) is 0 Å². The molecule has 0 spiro atoms. The minimum absolute atomic E-state index is 0.127. The Balaban J connectivity index is 0.000000355. The first-order chi connectivity index (χ1) is 44.6. The summed E-state index contributed by atoms with van der Waals surface area (Å²) in [4.78, 5) is 0. The van der Waals surface area contributed by atoms with Crippen molar-refractivity contribution in [3.63, 3.8) is 0 Å². The highest BCUT2D eigenvalue weighted by Crippen LogP contribution is 2.41. The lowest BCUT2D eigenvalue weighted by molar-refractivity contribution is -0.0431.